The maximum atomic E-state index is 11.7. The zero-order valence-corrected chi connectivity index (χ0v) is 9.17. The highest BCUT2D eigenvalue weighted by Crippen LogP contribution is 2.39. The quantitative estimate of drug-likeness (QED) is 0.520. The summed E-state index contributed by atoms with van der Waals surface area (Å²) in [5, 5.41) is 0. The highest BCUT2D eigenvalue weighted by molar-refractivity contribution is 6.08. The van der Waals surface area contributed by atoms with Crippen LogP contribution in [0, 0.1) is 5.41 Å². The fourth-order valence-electron chi connectivity index (χ4n) is 2.10. The van der Waals surface area contributed by atoms with Crippen LogP contribution in [-0.2, 0) is 19.1 Å². The van der Waals surface area contributed by atoms with Crippen molar-refractivity contribution in [3.8, 4) is 0 Å². The zero-order chi connectivity index (χ0) is 11.5. The molecule has 1 saturated carbocycles. The van der Waals surface area contributed by atoms with Crippen molar-refractivity contribution in [3.05, 3.63) is 0 Å². The molecule has 0 aromatic carbocycles. The Kier molecular flexibility index (Phi) is 3.61. The molecule has 0 bridgehead atoms. The SMILES string of the molecule is CCOC(=O)[C@]1(CC(C)=O)CCCC1=O. The van der Waals surface area contributed by atoms with Gasteiger partial charge >= 0.3 is 5.97 Å². The Hall–Kier alpha value is -1.19. The third-order valence-corrected chi connectivity index (χ3v) is 2.76. The van der Waals surface area contributed by atoms with Crippen LogP contribution in [0.25, 0.3) is 0 Å². The molecule has 0 saturated heterocycles. The van der Waals surface area contributed by atoms with Crippen LogP contribution in [0.3, 0.4) is 0 Å². The first-order valence-corrected chi connectivity index (χ1v) is 5.23. The molecule has 0 N–H and O–H groups in total. The summed E-state index contributed by atoms with van der Waals surface area (Å²) in [6.07, 6.45) is 1.49. The number of hydrogen-bond acceptors (Lipinski definition) is 4. The van der Waals surface area contributed by atoms with Gasteiger partial charge in [0, 0.05) is 12.8 Å². The second-order valence-electron chi connectivity index (χ2n) is 3.96. The monoisotopic (exact) mass is 212 g/mol. The first kappa shape index (κ1) is 11.9. The van der Waals surface area contributed by atoms with Crippen molar-refractivity contribution in [2.45, 2.75) is 39.5 Å². The molecule has 0 heterocycles. The van der Waals surface area contributed by atoms with Crippen LogP contribution in [0.4, 0.5) is 0 Å². The summed E-state index contributed by atoms with van der Waals surface area (Å²) in [7, 11) is 0. The van der Waals surface area contributed by atoms with Crippen LogP contribution in [0.1, 0.15) is 39.5 Å². The van der Waals surface area contributed by atoms with Crippen molar-refractivity contribution in [2.24, 2.45) is 5.41 Å². The van der Waals surface area contributed by atoms with Gasteiger partial charge in [-0.3, -0.25) is 14.4 Å². The number of ether oxygens (including phenoxy) is 1. The number of hydrogen-bond donors (Lipinski definition) is 0. The van der Waals surface area contributed by atoms with Crippen LogP contribution in [0.5, 0.6) is 0 Å². The molecule has 1 aliphatic carbocycles. The lowest BCUT2D eigenvalue weighted by Crippen LogP contribution is -2.38. The van der Waals surface area contributed by atoms with Gasteiger partial charge in [-0.2, -0.15) is 0 Å². The van der Waals surface area contributed by atoms with Crippen molar-refractivity contribution < 1.29 is 19.1 Å². The van der Waals surface area contributed by atoms with Crippen LogP contribution in [0.15, 0.2) is 0 Å². The second-order valence-corrected chi connectivity index (χ2v) is 3.96. The maximum absolute atomic E-state index is 11.7. The van der Waals surface area contributed by atoms with Crippen molar-refractivity contribution in [1.29, 1.82) is 0 Å². The molecule has 15 heavy (non-hydrogen) atoms. The molecular formula is C11H16O4. The standard InChI is InChI=1S/C11H16O4/c1-3-15-10(14)11(7-8(2)12)6-4-5-9(11)13/h3-7H2,1-2H3/t11-/m0/s1. The molecule has 1 rings (SSSR count). The number of ketones is 2. The maximum Gasteiger partial charge on any atom is 0.320 e. The molecular weight excluding hydrogens is 196 g/mol. The molecule has 84 valence electrons. The number of esters is 1. The van der Waals surface area contributed by atoms with E-state index in [-0.39, 0.29) is 24.6 Å². The van der Waals surface area contributed by atoms with E-state index in [4.69, 9.17) is 4.74 Å². The molecule has 0 radical (unpaired) electrons. The summed E-state index contributed by atoms with van der Waals surface area (Å²) in [5.74, 6) is -0.808. The highest BCUT2D eigenvalue weighted by atomic mass is 16.5. The Morgan fingerprint density at radius 1 is 1.47 bits per heavy atom. The van der Waals surface area contributed by atoms with Gasteiger partial charge in [-0.1, -0.05) is 0 Å². The van der Waals surface area contributed by atoms with E-state index in [9.17, 15) is 14.4 Å². The summed E-state index contributed by atoms with van der Waals surface area (Å²) >= 11 is 0. The summed E-state index contributed by atoms with van der Waals surface area (Å²) in [4.78, 5) is 34.5. The lowest BCUT2D eigenvalue weighted by Gasteiger charge is -2.23. The average molecular weight is 212 g/mol. The van der Waals surface area contributed by atoms with Gasteiger partial charge in [-0.25, -0.2) is 0 Å². The molecule has 1 atom stereocenters. The Labute approximate surface area is 89.0 Å². The van der Waals surface area contributed by atoms with Gasteiger partial charge < -0.3 is 4.74 Å². The van der Waals surface area contributed by atoms with Crippen molar-refractivity contribution in [1.82, 2.24) is 0 Å². The fourth-order valence-corrected chi connectivity index (χ4v) is 2.10. The molecule has 4 heteroatoms. The van der Waals surface area contributed by atoms with E-state index in [0.29, 0.717) is 19.3 Å². The van der Waals surface area contributed by atoms with Gasteiger partial charge in [0.05, 0.1) is 6.61 Å². The first-order valence-electron chi connectivity index (χ1n) is 5.23. The molecule has 0 unspecified atom stereocenters. The van der Waals surface area contributed by atoms with Crippen LogP contribution in [-0.4, -0.2) is 24.1 Å². The summed E-state index contributed by atoms with van der Waals surface area (Å²) < 4.78 is 4.89. The minimum absolute atomic E-state index is 0.00926. The minimum atomic E-state index is -1.16. The molecule has 1 aliphatic rings. The van der Waals surface area contributed by atoms with E-state index in [2.05, 4.69) is 0 Å². The molecule has 0 amide bonds. The molecule has 0 aromatic rings. The second kappa shape index (κ2) is 4.55. The number of carbonyl (C=O) groups excluding carboxylic acids is 3. The van der Waals surface area contributed by atoms with Crippen LogP contribution < -0.4 is 0 Å². The fraction of sp³-hybridized carbons (Fsp3) is 0.727. The third-order valence-electron chi connectivity index (χ3n) is 2.76. The Morgan fingerprint density at radius 2 is 2.13 bits per heavy atom. The number of Topliss-reactive ketones (excluding diaryl/α,β-unsaturated/α-hetero) is 2. The predicted octanol–water partition coefficient (Wildman–Crippen LogP) is 1.27. The van der Waals surface area contributed by atoms with Gasteiger partial charge in [0.25, 0.3) is 0 Å². The van der Waals surface area contributed by atoms with Gasteiger partial charge in [-0.05, 0) is 26.7 Å². The van der Waals surface area contributed by atoms with Crippen LogP contribution >= 0.6 is 0 Å². The summed E-state index contributed by atoms with van der Waals surface area (Å²) in [5.41, 5.74) is -1.16. The van der Waals surface area contributed by atoms with Crippen molar-refractivity contribution in [2.75, 3.05) is 6.61 Å². The Morgan fingerprint density at radius 3 is 2.53 bits per heavy atom. The molecule has 4 nitrogen and oxygen atoms in total. The van der Waals surface area contributed by atoms with Gasteiger partial charge in [0.15, 0.2) is 5.78 Å². The molecule has 0 aromatic heterocycles. The first-order chi connectivity index (χ1) is 7.03. The van der Waals surface area contributed by atoms with E-state index in [1.54, 1.807) is 6.92 Å². The van der Waals surface area contributed by atoms with Gasteiger partial charge in [0.2, 0.25) is 0 Å². The van der Waals surface area contributed by atoms with Crippen molar-refractivity contribution >= 4 is 17.5 Å². The van der Waals surface area contributed by atoms with Gasteiger partial charge in [0.1, 0.15) is 11.2 Å². The topological polar surface area (TPSA) is 60.4 Å². The number of rotatable bonds is 4. The highest BCUT2D eigenvalue weighted by Gasteiger charge is 2.50. The van der Waals surface area contributed by atoms with E-state index in [1.807, 2.05) is 0 Å². The van der Waals surface area contributed by atoms with E-state index < -0.39 is 11.4 Å². The molecule has 0 aliphatic heterocycles. The molecule has 1 fully saturated rings. The Bertz CT molecular complexity index is 295. The lowest BCUT2D eigenvalue weighted by molar-refractivity contribution is -0.160. The Balaban J connectivity index is 2.90. The van der Waals surface area contributed by atoms with Crippen molar-refractivity contribution in [3.63, 3.8) is 0 Å². The van der Waals surface area contributed by atoms with Gasteiger partial charge in [-0.15, -0.1) is 0 Å². The van der Waals surface area contributed by atoms with E-state index in [1.165, 1.54) is 6.92 Å². The predicted molar refractivity (Wildman–Crippen MR) is 53.2 cm³/mol. The summed E-state index contributed by atoms with van der Waals surface area (Å²) in [6, 6.07) is 0. The van der Waals surface area contributed by atoms with E-state index in [0.717, 1.165) is 0 Å². The smallest absolute Gasteiger partial charge is 0.320 e. The third kappa shape index (κ3) is 2.25. The lowest BCUT2D eigenvalue weighted by atomic mass is 9.80. The zero-order valence-electron chi connectivity index (χ0n) is 9.17. The number of carbonyl (C=O) groups is 3. The normalized spacial score (nSPS) is 25.3. The summed E-state index contributed by atoms with van der Waals surface area (Å²) in [6.45, 7) is 3.33. The minimum Gasteiger partial charge on any atom is -0.465 e. The molecule has 0 spiro atoms. The average Bonchev–Trinajstić information content (AvgIpc) is 2.48. The van der Waals surface area contributed by atoms with E-state index >= 15 is 0 Å². The largest absolute Gasteiger partial charge is 0.465 e. The van der Waals surface area contributed by atoms with Crippen LogP contribution in [0.2, 0.25) is 0 Å².